The maximum absolute atomic E-state index is 8.16. The Bertz CT molecular complexity index is 503. The van der Waals surface area contributed by atoms with Crippen LogP contribution in [0.2, 0.25) is 0 Å². The molecule has 3 aliphatic carbocycles. The van der Waals surface area contributed by atoms with Crippen LogP contribution in [0.4, 0.5) is 0 Å². The van der Waals surface area contributed by atoms with Gasteiger partial charge in [-0.15, -0.1) is 0 Å². The van der Waals surface area contributed by atoms with Crippen molar-refractivity contribution in [3.05, 3.63) is 23.5 Å². The number of rotatable bonds is 3. The molecular weight excluding hydrogens is 272 g/mol. The number of hydrogen-bond donors (Lipinski definition) is 3. The van der Waals surface area contributed by atoms with E-state index in [-0.39, 0.29) is 0 Å². The van der Waals surface area contributed by atoms with E-state index in [4.69, 9.17) is 16.1 Å². The highest BCUT2D eigenvalue weighted by Gasteiger charge is 2.20. The second kappa shape index (κ2) is 7.12. The minimum Gasteiger partial charge on any atom is -0.397 e. The van der Waals surface area contributed by atoms with Gasteiger partial charge in [0.1, 0.15) is 0 Å². The molecule has 3 rings (SSSR count). The van der Waals surface area contributed by atoms with Crippen LogP contribution < -0.4 is 11.1 Å². The molecule has 2 saturated carbocycles. The molecule has 4 heteroatoms. The van der Waals surface area contributed by atoms with Crippen LogP contribution in [0.5, 0.6) is 0 Å². The summed E-state index contributed by atoms with van der Waals surface area (Å²) < 4.78 is 0. The van der Waals surface area contributed by atoms with E-state index in [1.807, 2.05) is 6.08 Å². The van der Waals surface area contributed by atoms with Crippen molar-refractivity contribution in [3.63, 3.8) is 0 Å². The van der Waals surface area contributed by atoms with E-state index in [0.717, 1.165) is 11.4 Å². The fraction of sp³-hybridized carbons (Fsp3) is 0.667. The molecule has 0 saturated heterocycles. The van der Waals surface area contributed by atoms with Crippen molar-refractivity contribution in [2.24, 2.45) is 10.7 Å². The van der Waals surface area contributed by atoms with Gasteiger partial charge < -0.3 is 11.1 Å². The Balaban J connectivity index is 1.72. The summed E-state index contributed by atoms with van der Waals surface area (Å²) in [5, 5.41) is 11.7. The predicted octanol–water partition coefficient (Wildman–Crippen LogP) is 3.44. The maximum Gasteiger partial charge on any atom is 0.0829 e. The Kier molecular flexibility index (Phi) is 4.96. The van der Waals surface area contributed by atoms with Crippen molar-refractivity contribution in [1.82, 2.24) is 5.32 Å². The molecule has 0 spiro atoms. The molecule has 2 fully saturated rings. The Labute approximate surface area is 133 Å². The third-order valence-corrected chi connectivity index (χ3v) is 5.03. The molecule has 22 heavy (non-hydrogen) atoms. The molecule has 0 unspecified atom stereocenters. The predicted molar refractivity (Wildman–Crippen MR) is 92.4 cm³/mol. The molecule has 0 radical (unpaired) electrons. The molecule has 0 aliphatic heterocycles. The second-order valence-electron chi connectivity index (χ2n) is 6.86. The Morgan fingerprint density at radius 2 is 1.59 bits per heavy atom. The summed E-state index contributed by atoms with van der Waals surface area (Å²) in [6.07, 6.45) is 16.3. The molecule has 0 amide bonds. The minimum absolute atomic E-state index is 0.412. The Morgan fingerprint density at radius 1 is 0.955 bits per heavy atom. The lowest BCUT2D eigenvalue weighted by Gasteiger charge is -2.27. The van der Waals surface area contributed by atoms with Crippen LogP contribution in [-0.4, -0.2) is 23.5 Å². The normalized spacial score (nSPS) is 26.7. The van der Waals surface area contributed by atoms with Crippen molar-refractivity contribution in [2.75, 3.05) is 0 Å². The molecule has 4 nitrogen and oxygen atoms in total. The second-order valence-corrected chi connectivity index (χ2v) is 6.86. The lowest BCUT2D eigenvalue weighted by atomic mass is 9.94. The van der Waals surface area contributed by atoms with Crippen LogP contribution in [0.25, 0.3) is 0 Å². The maximum atomic E-state index is 8.16. The summed E-state index contributed by atoms with van der Waals surface area (Å²) in [4.78, 5) is 4.86. The van der Waals surface area contributed by atoms with Crippen molar-refractivity contribution in [1.29, 1.82) is 5.41 Å². The first-order valence-corrected chi connectivity index (χ1v) is 8.85. The van der Waals surface area contributed by atoms with Crippen LogP contribution in [0.1, 0.15) is 64.2 Å². The Hall–Kier alpha value is -1.58. The largest absolute Gasteiger partial charge is 0.397 e. The minimum atomic E-state index is 0.412. The summed E-state index contributed by atoms with van der Waals surface area (Å²) in [7, 11) is 0. The average molecular weight is 300 g/mol. The van der Waals surface area contributed by atoms with E-state index >= 15 is 0 Å². The topological polar surface area (TPSA) is 74.3 Å². The third-order valence-electron chi connectivity index (χ3n) is 5.03. The van der Waals surface area contributed by atoms with Gasteiger partial charge >= 0.3 is 0 Å². The quantitative estimate of drug-likeness (QED) is 0.698. The lowest BCUT2D eigenvalue weighted by molar-refractivity contribution is 0.400. The smallest absolute Gasteiger partial charge is 0.0829 e. The highest BCUT2D eigenvalue weighted by Crippen LogP contribution is 2.23. The SMILES string of the molecule is N=C1C=C(N)C(=NC2CCCCC2)C=C1NC1CCCCC1. The molecule has 0 heterocycles. The van der Waals surface area contributed by atoms with Gasteiger partial charge in [0.25, 0.3) is 0 Å². The number of aliphatic imine (C=N–C) groups is 1. The zero-order valence-electron chi connectivity index (χ0n) is 13.4. The molecule has 4 N–H and O–H groups in total. The van der Waals surface area contributed by atoms with E-state index in [9.17, 15) is 0 Å². The van der Waals surface area contributed by atoms with E-state index < -0.39 is 0 Å². The lowest BCUT2D eigenvalue weighted by Crippen LogP contribution is -2.35. The van der Waals surface area contributed by atoms with Crippen molar-refractivity contribution >= 4 is 11.4 Å². The monoisotopic (exact) mass is 300 g/mol. The van der Waals surface area contributed by atoms with Crippen LogP contribution in [0, 0.1) is 5.41 Å². The van der Waals surface area contributed by atoms with Crippen LogP contribution in [-0.2, 0) is 0 Å². The van der Waals surface area contributed by atoms with Gasteiger partial charge in [-0.25, -0.2) is 0 Å². The van der Waals surface area contributed by atoms with Gasteiger partial charge in [0.05, 0.1) is 28.9 Å². The number of nitrogens with two attached hydrogens (primary N) is 1. The van der Waals surface area contributed by atoms with Crippen LogP contribution in [0.3, 0.4) is 0 Å². The fourth-order valence-electron chi connectivity index (χ4n) is 3.71. The molecular formula is C18H28N4. The summed E-state index contributed by atoms with van der Waals surface area (Å²) in [5.74, 6) is 0. The molecule has 0 atom stereocenters. The highest BCUT2D eigenvalue weighted by molar-refractivity contribution is 6.22. The van der Waals surface area contributed by atoms with Crippen molar-refractivity contribution in [2.45, 2.75) is 76.3 Å². The van der Waals surface area contributed by atoms with Gasteiger partial charge in [0.15, 0.2) is 0 Å². The standard InChI is InChI=1S/C18H28N4/c19-15-11-16(20)18(22-14-9-5-2-6-10-14)12-17(15)21-13-7-3-1-4-8-13/h11-14,19,21H,1-10,20H2. The first kappa shape index (κ1) is 15.3. The number of nitrogens with one attached hydrogen (secondary N) is 2. The molecule has 3 aliphatic rings. The molecule has 120 valence electrons. The van der Waals surface area contributed by atoms with Gasteiger partial charge in [0, 0.05) is 6.04 Å². The molecule has 0 aromatic rings. The number of hydrogen-bond acceptors (Lipinski definition) is 4. The average Bonchev–Trinajstić information content (AvgIpc) is 2.54. The van der Waals surface area contributed by atoms with Crippen LogP contribution in [0.15, 0.2) is 28.5 Å². The van der Waals surface area contributed by atoms with Gasteiger partial charge in [-0.3, -0.25) is 10.4 Å². The number of nitrogens with zero attached hydrogens (tertiary/aromatic N) is 1. The molecule has 0 aromatic heterocycles. The van der Waals surface area contributed by atoms with Crippen molar-refractivity contribution in [3.8, 4) is 0 Å². The van der Waals surface area contributed by atoms with Gasteiger partial charge in [-0.1, -0.05) is 38.5 Å². The molecule has 0 bridgehead atoms. The van der Waals surface area contributed by atoms with E-state index in [1.165, 1.54) is 64.2 Å². The van der Waals surface area contributed by atoms with Gasteiger partial charge in [-0.2, -0.15) is 0 Å². The van der Waals surface area contributed by atoms with E-state index in [0.29, 0.717) is 23.5 Å². The first-order chi connectivity index (χ1) is 10.7. The third kappa shape index (κ3) is 3.79. The number of allylic oxidation sites excluding steroid dienone is 2. The van der Waals surface area contributed by atoms with Gasteiger partial charge in [-0.05, 0) is 37.8 Å². The fourth-order valence-corrected chi connectivity index (χ4v) is 3.71. The zero-order chi connectivity index (χ0) is 15.4. The summed E-state index contributed by atoms with van der Waals surface area (Å²) in [6.45, 7) is 0. The van der Waals surface area contributed by atoms with Gasteiger partial charge in [0.2, 0.25) is 0 Å². The zero-order valence-corrected chi connectivity index (χ0v) is 13.4. The first-order valence-electron chi connectivity index (χ1n) is 8.85. The van der Waals surface area contributed by atoms with E-state index in [2.05, 4.69) is 5.32 Å². The van der Waals surface area contributed by atoms with E-state index in [1.54, 1.807) is 6.08 Å². The summed E-state index contributed by atoms with van der Waals surface area (Å²) in [6, 6.07) is 0.916. The Morgan fingerprint density at radius 3 is 2.27 bits per heavy atom. The summed E-state index contributed by atoms with van der Waals surface area (Å²) in [5.41, 5.74) is 9.01. The molecule has 0 aromatic carbocycles. The highest BCUT2D eigenvalue weighted by atomic mass is 14.9. The summed E-state index contributed by atoms with van der Waals surface area (Å²) >= 11 is 0. The van der Waals surface area contributed by atoms with Crippen LogP contribution >= 0.6 is 0 Å². The van der Waals surface area contributed by atoms with Crippen molar-refractivity contribution < 1.29 is 0 Å².